The van der Waals surface area contributed by atoms with Crippen LogP contribution in [0.15, 0.2) is 158 Å². The summed E-state index contributed by atoms with van der Waals surface area (Å²) in [6.07, 6.45) is 0.428. The number of hydrogen-bond acceptors (Lipinski definition) is 23. The van der Waals surface area contributed by atoms with Crippen LogP contribution in [-0.2, 0) is 108 Å². The predicted molar refractivity (Wildman–Crippen MR) is 498 cm³/mol. The summed E-state index contributed by atoms with van der Waals surface area (Å²) in [6.45, 7) is 21.1. The number of carboxylic acids is 1. The SMILES string of the molecule is CC(C(=O)NC(C(=O)N1CCC2C1C(=O)NC(Cc1ccc3ccccc3c1)C(=O)NC(C(=O)O)Cc1ccc(cc1)OCc1cn(nn1)C1CCN(C(=O)C(NC(=O)C(C)N(C)C(=O)OC(C)(C)C)C(C)(C)C)C1C(=O)NC(Cc1ccc3ccccc3c1)C(=O)NC(C(=O)OCCOc1c(F)cc(CN)cc1F)Cc1ccc(cc1)OCc1cn2nn1)C(C)(C)C)N(C)C(=O)OC(C)(C)C. The van der Waals surface area contributed by atoms with E-state index in [4.69, 9.17) is 34.2 Å². The molecule has 36 nitrogen and oxygen atoms in total. The zero-order valence-electron chi connectivity index (χ0n) is 79.7. The van der Waals surface area contributed by atoms with Crippen LogP contribution in [0.4, 0.5) is 18.4 Å². The molecule has 730 valence electrons. The van der Waals surface area contributed by atoms with Gasteiger partial charge in [0.2, 0.25) is 47.3 Å². The summed E-state index contributed by atoms with van der Waals surface area (Å²) in [5.74, 6) is -11.4. The van der Waals surface area contributed by atoms with Gasteiger partial charge in [0.05, 0.1) is 24.5 Å². The first-order valence-corrected chi connectivity index (χ1v) is 45.4. The number of hydrogen-bond donors (Lipinski definition) is 8. The Bertz CT molecular complexity index is 5900. The maximum atomic E-state index is 16.1. The highest BCUT2D eigenvalue weighted by molar-refractivity contribution is 5.99. The lowest BCUT2D eigenvalue weighted by Gasteiger charge is -2.37. The number of carbonyl (C=O) groups excluding carboxylic acids is 11. The van der Waals surface area contributed by atoms with Crippen molar-refractivity contribution in [1.82, 2.24) is 81.5 Å². The smallest absolute Gasteiger partial charge is 0.410 e. The van der Waals surface area contributed by atoms with Crippen LogP contribution in [0.3, 0.4) is 0 Å². The quantitative estimate of drug-likeness (QED) is 0.0213. The van der Waals surface area contributed by atoms with Crippen molar-refractivity contribution >= 4 is 92.9 Å². The first-order valence-electron chi connectivity index (χ1n) is 45.4. The Kier molecular flexibility index (Phi) is 32.1. The zero-order chi connectivity index (χ0) is 99.4. The standard InChI is InChI=1S/C99H121F2N17O19/c1-56(113(15)94(130)136-98(9,10)11)84(119)107-82(96(3,4)5)90(125)115-39-37-77-79(115)88(123)103-73(49-60-25-31-63-21-17-19-23-65(63)43-60)86(121)105-75(92(127)128)47-58-27-33-69(34-28-58)134-54-67-52-118(112-109-67)78-38-40-116(91(126)83(97(6,7)8)108-85(120)57(2)114(16)95(131)137-99(12,13)14)80(78)89(124)104-74(50-61-26-32-64-22-18-20-24-66(64)44-61)87(122)106-76(48-59-29-35-70(36-30-59)135-55-68-53-117(77)111-110-68)93(129)133-42-41-132-81-71(100)45-62(51-102)46-72(81)101/h17-36,43-46,52-53,56-57,73-80,82-83H,37-42,47-51,54-55,102H2,1-16H3,(H,103,123)(H,104,124)(H,105,121)(H,106,122)(H,107,119)(H,108,120)(H,127,128). The molecule has 38 heteroatoms. The fourth-order valence-electron chi connectivity index (χ4n) is 16.4. The maximum absolute atomic E-state index is 16.1. The van der Waals surface area contributed by atoms with Crippen molar-refractivity contribution in [3.63, 3.8) is 0 Å². The van der Waals surface area contributed by atoms with E-state index in [9.17, 15) is 33.9 Å². The summed E-state index contributed by atoms with van der Waals surface area (Å²) >= 11 is 0. The highest BCUT2D eigenvalue weighted by Crippen LogP contribution is 2.37. The molecule has 137 heavy (non-hydrogen) atoms. The number of likely N-dealkylation sites (tertiary alicyclic amines) is 2. The highest BCUT2D eigenvalue weighted by Gasteiger charge is 2.52. The molecule has 0 aliphatic carbocycles. The van der Waals surface area contributed by atoms with Gasteiger partial charge in [0.15, 0.2) is 17.4 Å². The van der Waals surface area contributed by atoms with Crippen LogP contribution in [0, 0.1) is 22.5 Å². The number of fused-ring (bicyclic) bond motifs is 2. The van der Waals surface area contributed by atoms with Gasteiger partial charge in [0, 0.05) is 59.4 Å². The number of benzene rings is 7. The molecule has 15 rings (SSSR count). The van der Waals surface area contributed by atoms with E-state index in [0.717, 1.165) is 43.5 Å². The number of ether oxygens (including phenoxy) is 6. The normalized spacial score (nSPS) is 19.8. The molecule has 6 aliphatic rings. The van der Waals surface area contributed by atoms with Crippen molar-refractivity contribution in [3.8, 4) is 17.2 Å². The molecule has 2 fully saturated rings. The number of nitrogens with two attached hydrogens (primary N) is 1. The van der Waals surface area contributed by atoms with Gasteiger partial charge in [-0.2, -0.15) is 0 Å². The molecule has 7 aromatic carbocycles. The highest BCUT2D eigenvalue weighted by atomic mass is 19.1. The van der Waals surface area contributed by atoms with Crippen LogP contribution in [0.1, 0.15) is 161 Å². The van der Waals surface area contributed by atoms with E-state index in [1.54, 1.807) is 144 Å². The number of nitrogens with zero attached hydrogens (tertiary/aromatic N) is 10. The summed E-state index contributed by atoms with van der Waals surface area (Å²) in [5.41, 5.74) is 4.14. The molecule has 12 unspecified atom stereocenters. The first kappa shape index (κ1) is 102. The number of rotatable bonds is 19. The lowest BCUT2D eigenvalue weighted by atomic mass is 9.85. The zero-order valence-corrected chi connectivity index (χ0v) is 79.7. The molecule has 0 spiro atoms. The molecule has 6 aliphatic heterocycles. The molecule has 9 aromatic rings. The number of aliphatic carboxylic acids is 1. The third-order valence-electron chi connectivity index (χ3n) is 24.1. The van der Waals surface area contributed by atoms with Crippen molar-refractivity contribution < 1.29 is 99.8 Å². The Morgan fingerprint density at radius 3 is 1.30 bits per heavy atom. The molecule has 8 heterocycles. The third kappa shape index (κ3) is 26.1. The van der Waals surface area contributed by atoms with Crippen LogP contribution in [0.25, 0.3) is 21.5 Å². The van der Waals surface area contributed by atoms with Gasteiger partial charge in [-0.1, -0.05) is 161 Å². The fraction of sp³-hybridized carbons (Fsp3) is 0.455. The monoisotopic (exact) mass is 1890 g/mol. The molecule has 0 saturated carbocycles. The predicted octanol–water partition coefficient (Wildman–Crippen LogP) is 8.86. The van der Waals surface area contributed by atoms with Crippen LogP contribution in [0.2, 0.25) is 0 Å². The number of carbonyl (C=O) groups is 12. The van der Waals surface area contributed by atoms with Crippen LogP contribution in [-0.4, -0.2) is 238 Å². The molecule has 9 N–H and O–H groups in total. The molecular formula is C99H121F2N17O19. The summed E-state index contributed by atoms with van der Waals surface area (Å²) < 4.78 is 68.2. The van der Waals surface area contributed by atoms with Gasteiger partial charge in [0.1, 0.15) is 121 Å². The van der Waals surface area contributed by atoms with Crippen molar-refractivity contribution in [2.45, 2.75) is 239 Å². The van der Waals surface area contributed by atoms with Crippen molar-refractivity contribution in [1.29, 1.82) is 0 Å². The first-order chi connectivity index (χ1) is 64.7. The fourth-order valence-corrected chi connectivity index (χ4v) is 16.4. The maximum Gasteiger partial charge on any atom is 0.410 e. The van der Waals surface area contributed by atoms with Crippen molar-refractivity contribution in [2.75, 3.05) is 40.4 Å². The van der Waals surface area contributed by atoms with Gasteiger partial charge < -0.3 is 81.0 Å². The van der Waals surface area contributed by atoms with Gasteiger partial charge >= 0.3 is 24.1 Å². The lowest BCUT2D eigenvalue weighted by Crippen LogP contribution is -2.62. The van der Waals surface area contributed by atoms with Crippen molar-refractivity contribution in [2.24, 2.45) is 16.6 Å². The summed E-state index contributed by atoms with van der Waals surface area (Å²) in [4.78, 5) is 183. The van der Waals surface area contributed by atoms with Gasteiger partial charge in [0.25, 0.3) is 0 Å². The summed E-state index contributed by atoms with van der Waals surface area (Å²) in [6, 6.07) is 23.7. The Morgan fingerprint density at radius 1 is 0.518 bits per heavy atom. The van der Waals surface area contributed by atoms with Crippen LogP contribution >= 0.6 is 0 Å². The van der Waals surface area contributed by atoms with Crippen molar-refractivity contribution in [3.05, 3.63) is 209 Å². The Hall–Kier alpha value is -14.2. The summed E-state index contributed by atoms with van der Waals surface area (Å²) in [7, 11) is 2.76. The number of amides is 10. The molecule has 0 radical (unpaired) electrons. The van der Waals surface area contributed by atoms with E-state index in [1.807, 2.05) is 72.8 Å². The van der Waals surface area contributed by atoms with Gasteiger partial charge in [-0.25, -0.2) is 37.3 Å². The Balaban J connectivity index is 0.913. The van der Waals surface area contributed by atoms with Gasteiger partial charge in [-0.3, -0.25) is 48.2 Å². The number of halogens is 2. The second-order valence-corrected chi connectivity index (χ2v) is 38.9. The number of aromatic nitrogens is 6. The second-order valence-electron chi connectivity index (χ2n) is 38.9. The largest absolute Gasteiger partial charge is 0.487 e. The van der Waals surface area contributed by atoms with Crippen LogP contribution < -0.4 is 51.8 Å². The number of likely N-dealkylation sites (N-methyl/N-ethyl adjacent to an activating group) is 2. The molecular weight excluding hydrogens is 1770 g/mol. The average molecular weight is 1890 g/mol. The molecule has 8 bridgehead atoms. The molecule has 2 aromatic heterocycles. The Labute approximate surface area is 792 Å². The minimum Gasteiger partial charge on any atom is -0.487 e. The minimum absolute atomic E-state index is 0.0295. The van der Waals surface area contributed by atoms with E-state index < -0.39 is 197 Å². The van der Waals surface area contributed by atoms with E-state index in [2.05, 4.69) is 52.5 Å². The minimum atomic E-state index is -1.62. The third-order valence-corrected chi connectivity index (χ3v) is 24.1. The molecule has 10 amide bonds. The van der Waals surface area contributed by atoms with Gasteiger partial charge in [-0.15, -0.1) is 10.2 Å². The van der Waals surface area contributed by atoms with E-state index in [1.165, 1.54) is 59.5 Å². The Morgan fingerprint density at radius 2 is 0.912 bits per heavy atom. The number of esters is 1. The van der Waals surface area contributed by atoms with E-state index in [0.29, 0.717) is 22.3 Å². The topological polar surface area (TPSA) is 453 Å². The summed E-state index contributed by atoms with van der Waals surface area (Å²) in [5, 5.41) is 49.2. The van der Waals surface area contributed by atoms with Gasteiger partial charge in [-0.05, 0) is 165 Å². The average Bonchev–Trinajstić information content (AvgIpc) is 1.69. The molecule has 12 atom stereocenters. The van der Waals surface area contributed by atoms with E-state index in [-0.39, 0.29) is 99.8 Å². The lowest BCUT2D eigenvalue weighted by molar-refractivity contribution is -0.149. The molecule has 2 saturated heterocycles. The van der Waals surface area contributed by atoms with E-state index >= 15 is 37.5 Å². The number of carboxylic acid groups (broad SMARTS) is 1. The van der Waals surface area contributed by atoms with Crippen LogP contribution in [0.5, 0.6) is 17.2 Å². The number of nitrogens with one attached hydrogen (secondary N) is 6. The second kappa shape index (κ2) is 43.2.